The molecule has 0 aliphatic carbocycles. The minimum Gasteiger partial charge on any atom is -0.352 e. The van der Waals surface area contributed by atoms with Crippen LogP contribution < -0.4 is 15.8 Å². The fourth-order valence-electron chi connectivity index (χ4n) is 3.73. The molecule has 3 aromatic carbocycles. The number of carbonyl (C=O) groups is 1. The lowest BCUT2D eigenvalue weighted by Crippen LogP contribution is -2.31. The Hall–Kier alpha value is -3.82. The van der Waals surface area contributed by atoms with Crippen LogP contribution in [0.15, 0.2) is 71.8 Å². The van der Waals surface area contributed by atoms with E-state index in [2.05, 4.69) is 26.7 Å². The zero-order chi connectivity index (χ0) is 22.3. The van der Waals surface area contributed by atoms with Crippen LogP contribution >= 0.6 is 0 Å². The van der Waals surface area contributed by atoms with E-state index in [0.29, 0.717) is 18.2 Å². The quantitative estimate of drug-likeness (QED) is 0.443. The molecule has 5 rings (SSSR count). The number of hydrogen-bond donors (Lipinski definition) is 3. The van der Waals surface area contributed by atoms with Gasteiger partial charge in [-0.05, 0) is 59.5 Å². The van der Waals surface area contributed by atoms with Gasteiger partial charge in [-0.1, -0.05) is 24.3 Å². The molecule has 1 aliphatic rings. The minimum absolute atomic E-state index is 0.0307. The molecule has 0 spiro atoms. The number of nitrogens with zero attached hydrogens (tertiary/aromatic N) is 2. The highest BCUT2D eigenvalue weighted by Crippen LogP contribution is 2.27. The number of nitrogens with two attached hydrogens (primary N) is 1. The first-order chi connectivity index (χ1) is 15.4. The molecular formula is C23H19N5O3S. The van der Waals surface area contributed by atoms with Gasteiger partial charge < -0.3 is 10.6 Å². The number of sulfonamides is 1. The van der Waals surface area contributed by atoms with Crippen LogP contribution in [0.1, 0.15) is 15.9 Å². The standard InChI is InChI=1S/C23H19N5O3S/c24-32(30,31)19-6-4-18(5-7-19)27-23-26-13-17-2-1-15(12-21(17)28-23)14-3-8-20-16(11-14)9-10-25-22(20)29/h1-8,11-13H,9-10H2,(H,25,29)(H2,24,30,31)(H,26,27,28). The summed E-state index contributed by atoms with van der Waals surface area (Å²) in [6, 6.07) is 17.9. The number of hydrogen-bond acceptors (Lipinski definition) is 6. The van der Waals surface area contributed by atoms with E-state index in [0.717, 1.165) is 39.6 Å². The predicted octanol–water partition coefficient (Wildman–Crippen LogP) is 2.97. The maximum Gasteiger partial charge on any atom is 0.251 e. The molecule has 4 aromatic rings. The fraction of sp³-hybridized carbons (Fsp3) is 0.0870. The average Bonchev–Trinajstić information content (AvgIpc) is 2.78. The van der Waals surface area contributed by atoms with E-state index in [4.69, 9.17) is 5.14 Å². The van der Waals surface area contributed by atoms with Crippen molar-refractivity contribution in [2.45, 2.75) is 11.3 Å². The van der Waals surface area contributed by atoms with Crippen molar-refractivity contribution < 1.29 is 13.2 Å². The van der Waals surface area contributed by atoms with Gasteiger partial charge in [0.2, 0.25) is 16.0 Å². The first-order valence-electron chi connectivity index (χ1n) is 9.95. The summed E-state index contributed by atoms with van der Waals surface area (Å²) in [5.41, 5.74) is 5.18. The van der Waals surface area contributed by atoms with Crippen molar-refractivity contribution in [1.29, 1.82) is 0 Å². The number of rotatable bonds is 4. The van der Waals surface area contributed by atoms with Crippen molar-refractivity contribution in [3.05, 3.63) is 78.0 Å². The Labute approximate surface area is 184 Å². The van der Waals surface area contributed by atoms with Crippen LogP contribution in [0.3, 0.4) is 0 Å². The van der Waals surface area contributed by atoms with Gasteiger partial charge in [-0.3, -0.25) is 4.79 Å². The summed E-state index contributed by atoms with van der Waals surface area (Å²) in [4.78, 5) is 21.0. The number of carbonyl (C=O) groups excluding carboxylic acids is 1. The summed E-state index contributed by atoms with van der Waals surface area (Å²) in [5, 5.41) is 12.0. The third-order valence-corrected chi connectivity index (χ3v) is 6.31. The van der Waals surface area contributed by atoms with Crippen molar-refractivity contribution >= 4 is 38.5 Å². The summed E-state index contributed by atoms with van der Waals surface area (Å²) in [6.07, 6.45) is 2.54. The number of amides is 1. The summed E-state index contributed by atoms with van der Waals surface area (Å²) in [7, 11) is -3.74. The first-order valence-corrected chi connectivity index (χ1v) is 11.5. The predicted molar refractivity (Wildman–Crippen MR) is 122 cm³/mol. The maximum atomic E-state index is 12.0. The Kier molecular flexibility index (Phi) is 4.84. The molecule has 0 saturated carbocycles. The van der Waals surface area contributed by atoms with Gasteiger partial charge in [0.25, 0.3) is 5.91 Å². The maximum absolute atomic E-state index is 12.0. The van der Waals surface area contributed by atoms with Gasteiger partial charge in [0.1, 0.15) is 0 Å². The Balaban J connectivity index is 1.45. The molecule has 0 fully saturated rings. The van der Waals surface area contributed by atoms with Crippen molar-refractivity contribution in [1.82, 2.24) is 15.3 Å². The SMILES string of the molecule is NS(=O)(=O)c1ccc(Nc2ncc3ccc(-c4ccc5c(c4)CCNC5=O)cc3n2)cc1. The summed E-state index contributed by atoms with van der Waals surface area (Å²) >= 11 is 0. The highest BCUT2D eigenvalue weighted by atomic mass is 32.2. The van der Waals surface area contributed by atoms with Gasteiger partial charge in [-0.15, -0.1) is 0 Å². The lowest BCUT2D eigenvalue weighted by molar-refractivity contribution is 0.0946. The van der Waals surface area contributed by atoms with E-state index in [-0.39, 0.29) is 10.8 Å². The van der Waals surface area contributed by atoms with Gasteiger partial charge in [-0.25, -0.2) is 23.5 Å². The average molecular weight is 446 g/mol. The van der Waals surface area contributed by atoms with Crippen molar-refractivity contribution in [3.8, 4) is 11.1 Å². The number of primary sulfonamides is 1. The van der Waals surface area contributed by atoms with E-state index >= 15 is 0 Å². The third kappa shape index (κ3) is 3.91. The third-order valence-electron chi connectivity index (χ3n) is 5.38. The lowest BCUT2D eigenvalue weighted by Gasteiger charge is -2.17. The van der Waals surface area contributed by atoms with Crippen LogP contribution in [0, 0.1) is 0 Å². The van der Waals surface area contributed by atoms with Gasteiger partial charge in [0.05, 0.1) is 10.4 Å². The van der Waals surface area contributed by atoms with E-state index in [1.807, 2.05) is 30.3 Å². The first kappa shape index (κ1) is 20.1. The number of benzene rings is 3. The number of aromatic nitrogens is 2. The Morgan fingerprint density at radius 1 is 0.969 bits per heavy atom. The van der Waals surface area contributed by atoms with Crippen molar-refractivity contribution in [2.75, 3.05) is 11.9 Å². The zero-order valence-corrected chi connectivity index (χ0v) is 17.7. The van der Waals surface area contributed by atoms with E-state index in [1.54, 1.807) is 18.3 Å². The van der Waals surface area contributed by atoms with Crippen LogP contribution in [-0.4, -0.2) is 30.8 Å². The van der Waals surface area contributed by atoms with E-state index < -0.39 is 10.0 Å². The van der Waals surface area contributed by atoms with Gasteiger partial charge in [0.15, 0.2) is 0 Å². The highest BCUT2D eigenvalue weighted by Gasteiger charge is 2.17. The Morgan fingerprint density at radius 2 is 1.72 bits per heavy atom. The Bertz CT molecular complexity index is 1470. The molecular weight excluding hydrogens is 426 g/mol. The molecule has 0 atom stereocenters. The van der Waals surface area contributed by atoms with Crippen LogP contribution in [-0.2, 0) is 16.4 Å². The molecule has 1 aliphatic heterocycles. The van der Waals surface area contributed by atoms with E-state index in [1.165, 1.54) is 12.1 Å². The number of anilines is 2. The normalized spacial score (nSPS) is 13.5. The molecule has 2 heterocycles. The molecule has 0 saturated heterocycles. The molecule has 0 bridgehead atoms. The second-order valence-electron chi connectivity index (χ2n) is 7.54. The van der Waals surface area contributed by atoms with Crippen LogP contribution in [0.5, 0.6) is 0 Å². The van der Waals surface area contributed by atoms with Crippen LogP contribution in [0.2, 0.25) is 0 Å². The van der Waals surface area contributed by atoms with Crippen molar-refractivity contribution in [3.63, 3.8) is 0 Å². The topological polar surface area (TPSA) is 127 Å². The summed E-state index contributed by atoms with van der Waals surface area (Å²) in [5.74, 6) is 0.358. The molecule has 8 nitrogen and oxygen atoms in total. The summed E-state index contributed by atoms with van der Waals surface area (Å²) < 4.78 is 22.8. The Morgan fingerprint density at radius 3 is 2.50 bits per heavy atom. The molecule has 160 valence electrons. The molecule has 1 aromatic heterocycles. The lowest BCUT2D eigenvalue weighted by atomic mass is 9.94. The van der Waals surface area contributed by atoms with Gasteiger partial charge in [-0.2, -0.15) is 0 Å². The molecule has 32 heavy (non-hydrogen) atoms. The molecule has 9 heteroatoms. The number of fused-ring (bicyclic) bond motifs is 2. The van der Waals surface area contributed by atoms with Crippen LogP contribution in [0.4, 0.5) is 11.6 Å². The molecule has 4 N–H and O–H groups in total. The molecule has 0 radical (unpaired) electrons. The smallest absolute Gasteiger partial charge is 0.251 e. The fourth-order valence-corrected chi connectivity index (χ4v) is 4.24. The number of nitrogens with one attached hydrogen (secondary N) is 2. The second kappa shape index (κ2) is 7.70. The molecule has 0 unspecified atom stereocenters. The van der Waals surface area contributed by atoms with Gasteiger partial charge >= 0.3 is 0 Å². The second-order valence-corrected chi connectivity index (χ2v) is 9.10. The summed E-state index contributed by atoms with van der Waals surface area (Å²) in [6.45, 7) is 0.646. The highest BCUT2D eigenvalue weighted by molar-refractivity contribution is 7.89. The van der Waals surface area contributed by atoms with Crippen LogP contribution in [0.25, 0.3) is 22.0 Å². The van der Waals surface area contributed by atoms with Gasteiger partial charge in [0, 0.05) is 29.4 Å². The van der Waals surface area contributed by atoms with E-state index in [9.17, 15) is 13.2 Å². The minimum atomic E-state index is -3.74. The monoisotopic (exact) mass is 445 g/mol. The largest absolute Gasteiger partial charge is 0.352 e. The molecule has 1 amide bonds. The zero-order valence-electron chi connectivity index (χ0n) is 16.9. The van der Waals surface area contributed by atoms with Crippen molar-refractivity contribution in [2.24, 2.45) is 5.14 Å².